The van der Waals surface area contributed by atoms with E-state index in [0.717, 1.165) is 0 Å². The van der Waals surface area contributed by atoms with Crippen LogP contribution in [0.15, 0.2) is 18.2 Å². The van der Waals surface area contributed by atoms with Gasteiger partial charge in [0.25, 0.3) is 0 Å². The minimum atomic E-state index is -0.577. The van der Waals surface area contributed by atoms with E-state index in [1.54, 1.807) is 6.92 Å². The van der Waals surface area contributed by atoms with Crippen LogP contribution >= 0.6 is 0 Å². The Morgan fingerprint density at radius 3 is 2.32 bits per heavy atom. The molecule has 0 aliphatic heterocycles. The standard InChI is InChI=1S/C14H20F2N2O/c1-9(2)18-13(19)7-8-17-10(3)14-11(15)5-4-6-12(14)16/h4-6,9-10,17H,7-8H2,1-3H3,(H,18,19). The summed E-state index contributed by atoms with van der Waals surface area (Å²) in [6.07, 6.45) is 0.276. The number of amides is 1. The van der Waals surface area contributed by atoms with Gasteiger partial charge in [-0.3, -0.25) is 4.79 Å². The van der Waals surface area contributed by atoms with Gasteiger partial charge in [0.2, 0.25) is 5.91 Å². The predicted octanol–water partition coefficient (Wildman–Crippen LogP) is 2.53. The number of nitrogens with one attached hydrogen (secondary N) is 2. The van der Waals surface area contributed by atoms with E-state index < -0.39 is 17.7 Å². The number of halogens is 2. The number of hydrogen-bond donors (Lipinski definition) is 2. The van der Waals surface area contributed by atoms with Crippen LogP contribution in [-0.4, -0.2) is 18.5 Å². The van der Waals surface area contributed by atoms with Gasteiger partial charge < -0.3 is 10.6 Å². The molecule has 0 saturated carbocycles. The van der Waals surface area contributed by atoms with Crippen molar-refractivity contribution in [3.63, 3.8) is 0 Å². The van der Waals surface area contributed by atoms with Gasteiger partial charge in [-0.1, -0.05) is 6.07 Å². The van der Waals surface area contributed by atoms with Crippen LogP contribution in [0.4, 0.5) is 8.78 Å². The zero-order valence-corrected chi connectivity index (χ0v) is 11.5. The molecular weight excluding hydrogens is 250 g/mol. The maximum Gasteiger partial charge on any atom is 0.221 e. The third-order valence-electron chi connectivity index (χ3n) is 2.68. The zero-order chi connectivity index (χ0) is 14.4. The van der Waals surface area contributed by atoms with Crippen molar-refractivity contribution in [2.24, 2.45) is 0 Å². The third-order valence-corrected chi connectivity index (χ3v) is 2.68. The highest BCUT2D eigenvalue weighted by Crippen LogP contribution is 2.19. The molecule has 3 nitrogen and oxygen atoms in total. The van der Waals surface area contributed by atoms with E-state index in [9.17, 15) is 13.6 Å². The van der Waals surface area contributed by atoms with Crippen LogP contribution in [0.2, 0.25) is 0 Å². The predicted molar refractivity (Wildman–Crippen MR) is 70.7 cm³/mol. The summed E-state index contributed by atoms with van der Waals surface area (Å²) >= 11 is 0. The largest absolute Gasteiger partial charge is 0.354 e. The van der Waals surface area contributed by atoms with Crippen LogP contribution in [0.1, 0.15) is 38.8 Å². The molecule has 1 aromatic rings. The van der Waals surface area contributed by atoms with Crippen LogP contribution < -0.4 is 10.6 Å². The molecule has 2 N–H and O–H groups in total. The van der Waals surface area contributed by atoms with Gasteiger partial charge in [-0.25, -0.2) is 8.78 Å². The quantitative estimate of drug-likeness (QED) is 0.834. The Balaban J connectivity index is 2.48. The van der Waals surface area contributed by atoms with Crippen molar-refractivity contribution >= 4 is 5.91 Å². The Bertz CT molecular complexity index is 415. The highest BCUT2D eigenvalue weighted by molar-refractivity contribution is 5.76. The molecule has 5 heteroatoms. The van der Waals surface area contributed by atoms with Crippen molar-refractivity contribution in [3.8, 4) is 0 Å². The van der Waals surface area contributed by atoms with Crippen molar-refractivity contribution in [3.05, 3.63) is 35.4 Å². The van der Waals surface area contributed by atoms with Crippen molar-refractivity contribution in [1.29, 1.82) is 0 Å². The number of carbonyl (C=O) groups is 1. The van der Waals surface area contributed by atoms with Gasteiger partial charge in [-0.2, -0.15) is 0 Å². The Hall–Kier alpha value is -1.49. The van der Waals surface area contributed by atoms with Crippen LogP contribution in [0.25, 0.3) is 0 Å². The van der Waals surface area contributed by atoms with E-state index in [2.05, 4.69) is 10.6 Å². The van der Waals surface area contributed by atoms with E-state index in [4.69, 9.17) is 0 Å². The lowest BCUT2D eigenvalue weighted by Gasteiger charge is -2.16. The molecule has 1 amide bonds. The van der Waals surface area contributed by atoms with E-state index in [-0.39, 0.29) is 23.9 Å². The molecular formula is C14H20F2N2O. The molecule has 0 aromatic heterocycles. The number of hydrogen-bond acceptors (Lipinski definition) is 2. The Labute approximate surface area is 112 Å². The Morgan fingerprint density at radius 2 is 1.79 bits per heavy atom. The van der Waals surface area contributed by atoms with Gasteiger partial charge in [0.15, 0.2) is 0 Å². The van der Waals surface area contributed by atoms with Crippen molar-refractivity contribution in [2.75, 3.05) is 6.54 Å². The fourth-order valence-electron chi connectivity index (χ4n) is 1.82. The van der Waals surface area contributed by atoms with Gasteiger partial charge in [0, 0.05) is 30.6 Å². The molecule has 0 spiro atoms. The monoisotopic (exact) mass is 270 g/mol. The molecule has 0 aliphatic rings. The van der Waals surface area contributed by atoms with E-state index >= 15 is 0 Å². The normalized spacial score (nSPS) is 12.5. The molecule has 1 atom stereocenters. The number of carbonyl (C=O) groups excluding carboxylic acids is 1. The number of rotatable bonds is 6. The first-order valence-corrected chi connectivity index (χ1v) is 6.38. The smallest absolute Gasteiger partial charge is 0.221 e. The van der Waals surface area contributed by atoms with Crippen molar-refractivity contribution in [2.45, 2.75) is 39.3 Å². The van der Waals surface area contributed by atoms with Crippen LogP contribution in [-0.2, 0) is 4.79 Å². The molecule has 19 heavy (non-hydrogen) atoms. The van der Waals surface area contributed by atoms with Gasteiger partial charge in [-0.05, 0) is 32.9 Å². The SMILES string of the molecule is CC(C)NC(=O)CCNC(C)c1c(F)cccc1F. The van der Waals surface area contributed by atoms with Gasteiger partial charge in [0.1, 0.15) is 11.6 Å². The zero-order valence-electron chi connectivity index (χ0n) is 11.5. The molecule has 0 radical (unpaired) electrons. The molecule has 0 fully saturated rings. The first-order chi connectivity index (χ1) is 8.91. The summed E-state index contributed by atoms with van der Waals surface area (Å²) in [5.41, 5.74) is 0.00627. The Kier molecular flexibility index (Phi) is 5.89. The lowest BCUT2D eigenvalue weighted by Crippen LogP contribution is -2.33. The summed E-state index contributed by atoms with van der Waals surface area (Å²) in [5, 5.41) is 5.70. The second kappa shape index (κ2) is 7.19. The van der Waals surface area contributed by atoms with Gasteiger partial charge in [0.05, 0.1) is 0 Å². The minimum Gasteiger partial charge on any atom is -0.354 e. The van der Waals surface area contributed by atoms with Crippen molar-refractivity contribution in [1.82, 2.24) is 10.6 Å². The fraction of sp³-hybridized carbons (Fsp3) is 0.500. The second-order valence-electron chi connectivity index (χ2n) is 4.78. The highest BCUT2D eigenvalue weighted by Gasteiger charge is 2.15. The first-order valence-electron chi connectivity index (χ1n) is 6.38. The Morgan fingerprint density at radius 1 is 1.21 bits per heavy atom. The first kappa shape index (κ1) is 15.6. The molecule has 0 bridgehead atoms. The minimum absolute atomic E-state index is 0.00627. The molecule has 0 saturated heterocycles. The van der Waals surface area contributed by atoms with Crippen LogP contribution in [0.3, 0.4) is 0 Å². The average Bonchev–Trinajstić information content (AvgIpc) is 2.27. The van der Waals surface area contributed by atoms with Crippen molar-refractivity contribution < 1.29 is 13.6 Å². The molecule has 1 rings (SSSR count). The maximum absolute atomic E-state index is 13.5. The molecule has 0 aliphatic carbocycles. The van der Waals surface area contributed by atoms with E-state index in [0.29, 0.717) is 6.54 Å². The van der Waals surface area contributed by atoms with E-state index in [1.165, 1.54) is 18.2 Å². The summed E-state index contributed by atoms with van der Waals surface area (Å²) in [4.78, 5) is 11.4. The number of benzene rings is 1. The molecule has 1 unspecified atom stereocenters. The lowest BCUT2D eigenvalue weighted by molar-refractivity contribution is -0.121. The topological polar surface area (TPSA) is 41.1 Å². The third kappa shape index (κ3) is 4.95. The van der Waals surface area contributed by atoms with Gasteiger partial charge >= 0.3 is 0 Å². The summed E-state index contributed by atoms with van der Waals surface area (Å²) in [7, 11) is 0. The van der Waals surface area contributed by atoms with Crippen LogP contribution in [0.5, 0.6) is 0 Å². The molecule has 0 heterocycles. The lowest BCUT2D eigenvalue weighted by atomic mass is 10.1. The molecule has 1 aromatic carbocycles. The molecule has 106 valence electrons. The van der Waals surface area contributed by atoms with Gasteiger partial charge in [-0.15, -0.1) is 0 Å². The van der Waals surface area contributed by atoms with E-state index in [1.807, 2.05) is 13.8 Å². The maximum atomic E-state index is 13.5. The second-order valence-corrected chi connectivity index (χ2v) is 4.78. The van der Waals surface area contributed by atoms with Crippen LogP contribution in [0, 0.1) is 11.6 Å². The summed E-state index contributed by atoms with van der Waals surface area (Å²) < 4.78 is 27.0. The average molecular weight is 270 g/mol. The highest BCUT2D eigenvalue weighted by atomic mass is 19.1. The summed E-state index contributed by atoms with van der Waals surface area (Å²) in [5.74, 6) is -1.23. The summed E-state index contributed by atoms with van der Waals surface area (Å²) in [6.45, 7) is 5.79. The summed E-state index contributed by atoms with van der Waals surface area (Å²) in [6, 6.07) is 3.39. The fourth-order valence-corrected chi connectivity index (χ4v) is 1.82.